The van der Waals surface area contributed by atoms with Crippen LogP contribution in [0, 0.1) is 0 Å². The van der Waals surface area contributed by atoms with E-state index in [4.69, 9.17) is 10.3 Å². The van der Waals surface area contributed by atoms with Crippen LogP contribution in [0.4, 0.5) is 17.1 Å². The zero-order valence-electron chi connectivity index (χ0n) is 14.9. The van der Waals surface area contributed by atoms with E-state index in [2.05, 4.69) is 15.3 Å². The van der Waals surface area contributed by atoms with Crippen molar-refractivity contribution in [3.05, 3.63) is 99.9 Å². The summed E-state index contributed by atoms with van der Waals surface area (Å²) in [5.41, 5.74) is 11.3. The van der Waals surface area contributed by atoms with E-state index in [-0.39, 0.29) is 17.2 Å². The maximum atomic E-state index is 13.2. The van der Waals surface area contributed by atoms with Gasteiger partial charge in [-0.05, 0) is 29.8 Å². The van der Waals surface area contributed by atoms with Crippen molar-refractivity contribution in [2.24, 2.45) is 5.11 Å². The Labute approximate surface area is 165 Å². The van der Waals surface area contributed by atoms with E-state index in [0.29, 0.717) is 22.5 Å². The molecule has 0 spiro atoms. The van der Waals surface area contributed by atoms with Crippen molar-refractivity contribution in [3.63, 3.8) is 0 Å². The number of hydrogen-bond donors (Lipinski definition) is 1. The first-order valence-corrected chi connectivity index (χ1v) is 8.84. The molecular weight excluding hydrogens is 370 g/mol. The Bertz CT molecular complexity index is 1230. The third-order valence-electron chi connectivity index (χ3n) is 5.01. The number of esters is 1. The Hall–Kier alpha value is -4.29. The van der Waals surface area contributed by atoms with Crippen molar-refractivity contribution in [2.45, 2.75) is 5.85 Å². The molecule has 2 heterocycles. The number of ether oxygens (including phenoxy) is 1. The number of amides is 1. The highest BCUT2D eigenvalue weighted by atomic mass is 16.6. The van der Waals surface area contributed by atoms with Crippen molar-refractivity contribution in [2.75, 3.05) is 10.2 Å². The highest BCUT2D eigenvalue weighted by molar-refractivity contribution is 6.16. The van der Waals surface area contributed by atoms with Gasteiger partial charge >= 0.3 is 5.97 Å². The predicted molar refractivity (Wildman–Crippen MR) is 106 cm³/mol. The third-order valence-corrected chi connectivity index (χ3v) is 5.01. The molecule has 0 saturated heterocycles. The highest BCUT2D eigenvalue weighted by Crippen LogP contribution is 2.51. The molecule has 1 amide bonds. The molecule has 0 saturated carbocycles. The van der Waals surface area contributed by atoms with E-state index >= 15 is 0 Å². The zero-order valence-corrected chi connectivity index (χ0v) is 14.9. The monoisotopic (exact) mass is 383 g/mol. The minimum absolute atomic E-state index is 0.106. The van der Waals surface area contributed by atoms with E-state index < -0.39 is 11.8 Å². The SMILES string of the molecule is [N-]=[N+]=Nc1ccccc1C(=O)OC12Nc3ccccc3N1C(=O)c1ccccc12. The van der Waals surface area contributed by atoms with Gasteiger partial charge in [-0.3, -0.25) is 4.79 Å². The molecule has 0 fully saturated rings. The number of fused-ring (bicyclic) bond motifs is 5. The number of benzene rings is 3. The Morgan fingerprint density at radius 2 is 1.76 bits per heavy atom. The number of nitrogens with one attached hydrogen (secondary N) is 1. The molecule has 0 radical (unpaired) electrons. The highest BCUT2D eigenvalue weighted by Gasteiger charge is 2.58. The molecule has 29 heavy (non-hydrogen) atoms. The number of nitrogens with zero attached hydrogens (tertiary/aromatic N) is 4. The molecule has 3 aromatic rings. The van der Waals surface area contributed by atoms with Crippen LogP contribution < -0.4 is 10.2 Å². The fraction of sp³-hybridized carbons (Fsp3) is 0.0476. The van der Waals surface area contributed by atoms with Gasteiger partial charge in [0, 0.05) is 4.91 Å². The van der Waals surface area contributed by atoms with Gasteiger partial charge in [0.2, 0.25) is 0 Å². The third kappa shape index (κ3) is 2.30. The summed E-state index contributed by atoms with van der Waals surface area (Å²) in [5, 5.41) is 6.77. The summed E-state index contributed by atoms with van der Waals surface area (Å²) in [6.45, 7) is 0. The Kier molecular flexibility index (Phi) is 3.55. The zero-order chi connectivity index (χ0) is 20.0. The van der Waals surface area contributed by atoms with Gasteiger partial charge in [-0.2, -0.15) is 0 Å². The molecule has 8 heteroatoms. The second kappa shape index (κ2) is 6.12. The van der Waals surface area contributed by atoms with Crippen molar-refractivity contribution < 1.29 is 14.3 Å². The normalized spacial score (nSPS) is 18.2. The molecule has 8 nitrogen and oxygen atoms in total. The van der Waals surface area contributed by atoms with E-state index in [1.54, 1.807) is 42.5 Å². The molecule has 2 aliphatic rings. The lowest BCUT2D eigenvalue weighted by Crippen LogP contribution is -2.49. The van der Waals surface area contributed by atoms with Crippen LogP contribution >= 0.6 is 0 Å². The molecule has 0 aromatic heterocycles. The molecule has 1 atom stereocenters. The van der Waals surface area contributed by atoms with Crippen LogP contribution in [0.25, 0.3) is 10.4 Å². The van der Waals surface area contributed by atoms with Crippen molar-refractivity contribution in [1.29, 1.82) is 0 Å². The minimum atomic E-state index is -1.52. The molecule has 3 aromatic carbocycles. The average Bonchev–Trinajstić information content (AvgIpc) is 3.19. The fourth-order valence-electron chi connectivity index (χ4n) is 3.81. The Morgan fingerprint density at radius 3 is 2.62 bits per heavy atom. The first-order valence-electron chi connectivity index (χ1n) is 8.84. The largest absolute Gasteiger partial charge is 0.411 e. The van der Waals surface area contributed by atoms with Crippen molar-refractivity contribution >= 4 is 28.9 Å². The lowest BCUT2D eigenvalue weighted by Gasteiger charge is -2.32. The number of azide groups is 1. The summed E-state index contributed by atoms with van der Waals surface area (Å²) in [4.78, 5) is 30.5. The standard InChI is InChI=1S/C21H13N5O3/c22-25-24-16-10-4-2-8-14(16)20(28)29-21-15-9-3-1-7-13(15)19(27)26(21)18-12-6-5-11-17(18)23-21/h1-12,23H. The fourth-order valence-corrected chi connectivity index (χ4v) is 3.81. The first kappa shape index (κ1) is 16.9. The molecule has 2 aliphatic heterocycles. The van der Waals surface area contributed by atoms with Crippen LogP contribution in [-0.4, -0.2) is 11.9 Å². The lowest BCUT2D eigenvalue weighted by molar-refractivity contribution is -0.00122. The summed E-state index contributed by atoms with van der Waals surface area (Å²) in [6.07, 6.45) is 0. The topological polar surface area (TPSA) is 107 Å². The Morgan fingerprint density at radius 1 is 1.03 bits per heavy atom. The predicted octanol–water partition coefficient (Wildman–Crippen LogP) is 4.68. The molecule has 1 N–H and O–H groups in total. The number of rotatable bonds is 3. The summed E-state index contributed by atoms with van der Waals surface area (Å²) < 4.78 is 5.95. The molecule has 5 rings (SSSR count). The van der Waals surface area contributed by atoms with Gasteiger partial charge in [-0.1, -0.05) is 53.6 Å². The maximum Gasteiger partial charge on any atom is 0.342 e. The number of carbonyl (C=O) groups is 2. The molecular formula is C21H13N5O3. The van der Waals surface area contributed by atoms with E-state index in [0.717, 1.165) is 0 Å². The van der Waals surface area contributed by atoms with Gasteiger partial charge in [0.25, 0.3) is 11.8 Å². The first-order chi connectivity index (χ1) is 14.2. The summed E-state index contributed by atoms with van der Waals surface area (Å²) in [6, 6.07) is 20.6. The molecule has 140 valence electrons. The number of hydrogen-bond acceptors (Lipinski definition) is 5. The van der Waals surface area contributed by atoms with Gasteiger partial charge in [0.05, 0.1) is 33.8 Å². The average molecular weight is 383 g/mol. The van der Waals surface area contributed by atoms with Crippen molar-refractivity contribution in [3.8, 4) is 0 Å². The maximum absolute atomic E-state index is 13.2. The quantitative estimate of drug-likeness (QED) is 0.306. The van der Waals surface area contributed by atoms with Crippen LogP contribution in [0.5, 0.6) is 0 Å². The van der Waals surface area contributed by atoms with Gasteiger partial charge in [-0.25, -0.2) is 9.69 Å². The minimum Gasteiger partial charge on any atom is -0.411 e. The van der Waals surface area contributed by atoms with Crippen LogP contribution in [0.1, 0.15) is 26.3 Å². The van der Waals surface area contributed by atoms with Crippen LogP contribution in [0.15, 0.2) is 77.9 Å². The van der Waals surface area contributed by atoms with Gasteiger partial charge in [0.15, 0.2) is 0 Å². The van der Waals surface area contributed by atoms with E-state index in [1.807, 2.05) is 18.2 Å². The van der Waals surface area contributed by atoms with Crippen LogP contribution in [-0.2, 0) is 10.6 Å². The summed E-state index contributed by atoms with van der Waals surface area (Å²) in [5.74, 6) is -2.50. The van der Waals surface area contributed by atoms with Crippen LogP contribution in [0.3, 0.4) is 0 Å². The summed E-state index contributed by atoms with van der Waals surface area (Å²) >= 11 is 0. The number of anilines is 2. The molecule has 1 unspecified atom stereocenters. The Balaban J connectivity index is 1.65. The molecule has 0 aliphatic carbocycles. The van der Waals surface area contributed by atoms with Gasteiger partial charge < -0.3 is 10.1 Å². The van der Waals surface area contributed by atoms with Crippen LogP contribution in [0.2, 0.25) is 0 Å². The van der Waals surface area contributed by atoms with Crippen molar-refractivity contribution in [1.82, 2.24) is 0 Å². The molecule has 0 bridgehead atoms. The second-order valence-electron chi connectivity index (χ2n) is 6.57. The van der Waals surface area contributed by atoms with Gasteiger partial charge in [0.1, 0.15) is 0 Å². The lowest BCUT2D eigenvalue weighted by atomic mass is 10.1. The summed E-state index contributed by atoms with van der Waals surface area (Å²) in [7, 11) is 0. The van der Waals surface area contributed by atoms with E-state index in [1.165, 1.54) is 17.0 Å². The van der Waals surface area contributed by atoms with Gasteiger partial charge in [-0.15, -0.1) is 0 Å². The number of carbonyl (C=O) groups excluding carboxylic acids is 2. The smallest absolute Gasteiger partial charge is 0.342 e. The number of para-hydroxylation sites is 2. The second-order valence-corrected chi connectivity index (χ2v) is 6.57. The van der Waals surface area contributed by atoms with E-state index in [9.17, 15) is 9.59 Å².